The van der Waals surface area contributed by atoms with Crippen molar-refractivity contribution < 1.29 is 0 Å². The Hall–Kier alpha value is -2.15. The number of nitrogen functional groups attached to an aromatic ring is 1. The number of hydrogen-bond acceptors (Lipinski definition) is 5. The van der Waals surface area contributed by atoms with Gasteiger partial charge < -0.3 is 5.73 Å². The molecule has 120 valence electrons. The van der Waals surface area contributed by atoms with Gasteiger partial charge in [-0.05, 0) is 23.6 Å². The van der Waals surface area contributed by atoms with E-state index in [4.69, 9.17) is 28.9 Å². The fraction of sp³-hybridized carbons (Fsp3) is 0.0625. The van der Waals surface area contributed by atoms with Crippen molar-refractivity contribution in [3.8, 4) is 10.7 Å². The van der Waals surface area contributed by atoms with E-state index in [1.807, 2.05) is 23.6 Å². The van der Waals surface area contributed by atoms with Crippen LogP contribution in [0.1, 0.15) is 5.56 Å². The summed E-state index contributed by atoms with van der Waals surface area (Å²) in [6.45, 7) is 0.405. The Bertz CT molecular complexity index is 1010. The topological polar surface area (TPSA) is 69.6 Å². The highest BCUT2D eigenvalue weighted by Crippen LogP contribution is 2.29. The smallest absolute Gasteiger partial charge is 0.173 e. The van der Waals surface area contributed by atoms with Crippen molar-refractivity contribution in [3.05, 3.63) is 57.5 Å². The van der Waals surface area contributed by atoms with Crippen LogP contribution >= 0.6 is 34.5 Å². The molecule has 0 aliphatic rings. The molecular weight excluding hydrogens is 365 g/mol. The first kappa shape index (κ1) is 15.4. The number of nitrogens with zero attached hydrogens (tertiary/aromatic N) is 4. The predicted octanol–water partition coefficient (Wildman–Crippen LogP) is 4.49. The monoisotopic (exact) mass is 375 g/mol. The minimum Gasteiger partial charge on any atom is -0.383 e. The molecule has 4 rings (SSSR count). The lowest BCUT2D eigenvalue weighted by atomic mass is 10.2. The molecule has 1 aromatic carbocycles. The first-order chi connectivity index (χ1) is 11.6. The Labute approximate surface area is 151 Å². The molecule has 0 unspecified atom stereocenters. The van der Waals surface area contributed by atoms with Crippen molar-refractivity contribution in [2.24, 2.45) is 0 Å². The molecule has 3 aromatic heterocycles. The van der Waals surface area contributed by atoms with Crippen LogP contribution in [0, 0.1) is 0 Å². The minimum atomic E-state index is 0.403. The van der Waals surface area contributed by atoms with Crippen molar-refractivity contribution in [1.29, 1.82) is 0 Å². The molecular formula is C16H11Cl2N5S. The Morgan fingerprint density at radius 3 is 2.58 bits per heavy atom. The van der Waals surface area contributed by atoms with Gasteiger partial charge in [-0.25, -0.2) is 14.6 Å². The van der Waals surface area contributed by atoms with Gasteiger partial charge in [0.1, 0.15) is 5.82 Å². The standard InChI is InChI=1S/C16H11Cl2N5S/c17-11-3-1-4-12(18)10(11)8-23-16-9(7-20-23)14(19)21-15(22-16)13-5-2-6-24-13/h1-7H,8H2,(H2,19,21,22). The molecule has 0 aliphatic heterocycles. The fourth-order valence-electron chi connectivity index (χ4n) is 2.44. The summed E-state index contributed by atoms with van der Waals surface area (Å²) in [5, 5.41) is 8.23. The maximum atomic E-state index is 6.26. The predicted molar refractivity (Wildman–Crippen MR) is 98.6 cm³/mol. The molecule has 0 spiro atoms. The molecule has 0 radical (unpaired) electrons. The van der Waals surface area contributed by atoms with Crippen LogP contribution in [-0.2, 0) is 6.54 Å². The lowest BCUT2D eigenvalue weighted by Crippen LogP contribution is -2.05. The Balaban J connectivity index is 1.85. The molecule has 3 heterocycles. The highest BCUT2D eigenvalue weighted by atomic mass is 35.5. The number of rotatable bonds is 3. The van der Waals surface area contributed by atoms with Crippen LogP contribution in [0.5, 0.6) is 0 Å². The van der Waals surface area contributed by atoms with E-state index in [9.17, 15) is 0 Å². The van der Waals surface area contributed by atoms with Crippen molar-refractivity contribution >= 4 is 51.4 Å². The number of hydrogen-bond donors (Lipinski definition) is 1. The van der Waals surface area contributed by atoms with Crippen LogP contribution in [0.3, 0.4) is 0 Å². The van der Waals surface area contributed by atoms with E-state index in [1.54, 1.807) is 34.3 Å². The lowest BCUT2D eigenvalue weighted by Gasteiger charge is -2.08. The van der Waals surface area contributed by atoms with Crippen LogP contribution in [0.25, 0.3) is 21.7 Å². The number of thiophene rings is 1. The quantitative estimate of drug-likeness (QED) is 0.572. The molecule has 0 amide bonds. The Morgan fingerprint density at radius 2 is 1.88 bits per heavy atom. The summed E-state index contributed by atoms with van der Waals surface area (Å²) < 4.78 is 1.73. The fourth-order valence-corrected chi connectivity index (χ4v) is 3.62. The highest BCUT2D eigenvalue weighted by molar-refractivity contribution is 7.13. The van der Waals surface area contributed by atoms with Crippen LogP contribution in [0.15, 0.2) is 41.9 Å². The zero-order valence-electron chi connectivity index (χ0n) is 12.3. The zero-order chi connectivity index (χ0) is 16.7. The van der Waals surface area contributed by atoms with Crippen molar-refractivity contribution in [2.45, 2.75) is 6.54 Å². The number of nitrogens with two attached hydrogens (primary N) is 1. The third kappa shape index (κ3) is 2.62. The van der Waals surface area contributed by atoms with Crippen LogP contribution in [0.4, 0.5) is 5.82 Å². The van der Waals surface area contributed by atoms with Gasteiger partial charge in [0, 0.05) is 15.6 Å². The van der Waals surface area contributed by atoms with Crippen LogP contribution in [0.2, 0.25) is 10.0 Å². The molecule has 0 bridgehead atoms. The van der Waals surface area contributed by atoms with E-state index in [0.717, 1.165) is 10.4 Å². The van der Waals surface area contributed by atoms with Gasteiger partial charge >= 0.3 is 0 Å². The Morgan fingerprint density at radius 1 is 1.08 bits per heavy atom. The first-order valence-electron chi connectivity index (χ1n) is 7.09. The summed E-state index contributed by atoms with van der Waals surface area (Å²) >= 11 is 14.1. The molecule has 8 heteroatoms. The maximum Gasteiger partial charge on any atom is 0.173 e. The molecule has 4 aromatic rings. The van der Waals surface area contributed by atoms with E-state index < -0.39 is 0 Å². The number of aromatic nitrogens is 4. The average Bonchev–Trinajstić information content (AvgIpc) is 3.21. The summed E-state index contributed by atoms with van der Waals surface area (Å²) in [5.41, 5.74) is 7.52. The van der Waals surface area contributed by atoms with Gasteiger partial charge in [-0.3, -0.25) is 0 Å². The van der Waals surface area contributed by atoms with Crippen LogP contribution in [-0.4, -0.2) is 19.7 Å². The lowest BCUT2D eigenvalue weighted by molar-refractivity contribution is 0.704. The number of fused-ring (bicyclic) bond motifs is 1. The van der Waals surface area contributed by atoms with Gasteiger partial charge in [0.2, 0.25) is 0 Å². The molecule has 0 saturated carbocycles. The SMILES string of the molecule is Nc1nc(-c2cccs2)nc2c1cnn2Cc1c(Cl)cccc1Cl. The van der Waals surface area contributed by atoms with E-state index in [2.05, 4.69) is 15.1 Å². The third-order valence-corrected chi connectivity index (χ3v) is 5.21. The van der Waals surface area contributed by atoms with Crippen molar-refractivity contribution in [2.75, 3.05) is 5.73 Å². The van der Waals surface area contributed by atoms with Gasteiger partial charge in [-0.15, -0.1) is 11.3 Å². The summed E-state index contributed by atoms with van der Waals surface area (Å²) in [7, 11) is 0. The van der Waals surface area contributed by atoms with Gasteiger partial charge in [0.25, 0.3) is 0 Å². The third-order valence-electron chi connectivity index (χ3n) is 3.64. The molecule has 24 heavy (non-hydrogen) atoms. The molecule has 0 aliphatic carbocycles. The van der Waals surface area contributed by atoms with Crippen LogP contribution < -0.4 is 5.73 Å². The summed E-state index contributed by atoms with van der Waals surface area (Å²) in [6.07, 6.45) is 1.66. The van der Waals surface area contributed by atoms with Gasteiger partial charge in [-0.1, -0.05) is 35.3 Å². The molecule has 5 nitrogen and oxygen atoms in total. The molecule has 0 fully saturated rings. The highest BCUT2D eigenvalue weighted by Gasteiger charge is 2.15. The van der Waals surface area contributed by atoms with E-state index in [-0.39, 0.29) is 0 Å². The second-order valence-electron chi connectivity index (χ2n) is 5.15. The van der Waals surface area contributed by atoms with E-state index >= 15 is 0 Å². The number of benzene rings is 1. The normalized spacial score (nSPS) is 11.2. The Kier molecular flexibility index (Phi) is 3.88. The number of anilines is 1. The summed E-state index contributed by atoms with van der Waals surface area (Å²) in [5.74, 6) is 0.988. The molecule has 2 N–H and O–H groups in total. The van der Waals surface area contributed by atoms with E-state index in [1.165, 1.54) is 0 Å². The van der Waals surface area contributed by atoms with Gasteiger partial charge in [0.05, 0.1) is 23.0 Å². The molecule has 0 saturated heterocycles. The minimum absolute atomic E-state index is 0.403. The second-order valence-corrected chi connectivity index (χ2v) is 6.91. The zero-order valence-corrected chi connectivity index (χ0v) is 14.6. The average molecular weight is 376 g/mol. The maximum absolute atomic E-state index is 6.26. The second kappa shape index (κ2) is 6.05. The first-order valence-corrected chi connectivity index (χ1v) is 8.73. The van der Waals surface area contributed by atoms with Gasteiger partial charge in [0.15, 0.2) is 11.5 Å². The molecule has 0 atom stereocenters. The van der Waals surface area contributed by atoms with Crippen molar-refractivity contribution in [3.63, 3.8) is 0 Å². The van der Waals surface area contributed by atoms with Gasteiger partial charge in [-0.2, -0.15) is 5.10 Å². The number of halogens is 2. The van der Waals surface area contributed by atoms with E-state index in [0.29, 0.717) is 39.3 Å². The largest absolute Gasteiger partial charge is 0.383 e. The summed E-state index contributed by atoms with van der Waals surface area (Å²) in [6, 6.07) is 9.32. The van der Waals surface area contributed by atoms with Crippen molar-refractivity contribution in [1.82, 2.24) is 19.7 Å². The summed E-state index contributed by atoms with van der Waals surface area (Å²) in [4.78, 5) is 9.95.